The number of esters is 1. The molecule has 1 rings (SSSR count). The van der Waals surface area contributed by atoms with E-state index >= 15 is 0 Å². The molecule has 4 nitrogen and oxygen atoms in total. The first kappa shape index (κ1) is 15.5. The second-order valence-electron chi connectivity index (χ2n) is 3.69. The Bertz CT molecular complexity index is 457. The average molecular weight is 285 g/mol. The second-order valence-corrected chi connectivity index (χ2v) is 4.07. The number of halogens is 1. The highest BCUT2D eigenvalue weighted by Crippen LogP contribution is 2.25. The third-order valence-electron chi connectivity index (χ3n) is 2.43. The number of hydrogen-bond acceptors (Lipinski definition) is 4. The largest absolute Gasteiger partial charge is 0.493 e. The lowest BCUT2D eigenvalue weighted by Crippen LogP contribution is -2.14. The molecule has 19 heavy (non-hydrogen) atoms. The van der Waals surface area contributed by atoms with Crippen molar-refractivity contribution in [2.24, 2.45) is 0 Å². The number of benzene rings is 1. The topological polar surface area (TPSA) is 52.6 Å². The highest BCUT2D eigenvalue weighted by atomic mass is 35.5. The van der Waals surface area contributed by atoms with Crippen molar-refractivity contribution < 1.29 is 19.1 Å². The van der Waals surface area contributed by atoms with Crippen LogP contribution in [0.2, 0.25) is 0 Å². The molecule has 0 atom stereocenters. The molecule has 1 aromatic rings. The Morgan fingerprint density at radius 2 is 1.95 bits per heavy atom. The van der Waals surface area contributed by atoms with E-state index in [1.54, 1.807) is 25.1 Å². The number of alkyl halides is 1. The van der Waals surface area contributed by atoms with Crippen molar-refractivity contribution in [3.05, 3.63) is 29.3 Å². The molecule has 0 bridgehead atoms. The molecule has 0 saturated heterocycles. The van der Waals surface area contributed by atoms with Crippen molar-refractivity contribution >= 4 is 23.4 Å². The van der Waals surface area contributed by atoms with Crippen molar-refractivity contribution in [1.29, 1.82) is 0 Å². The average Bonchev–Trinajstić information content (AvgIpc) is 2.39. The van der Waals surface area contributed by atoms with E-state index in [2.05, 4.69) is 0 Å². The molecule has 0 heterocycles. The molecule has 0 aromatic heterocycles. The van der Waals surface area contributed by atoms with Gasteiger partial charge >= 0.3 is 5.97 Å². The van der Waals surface area contributed by atoms with Crippen LogP contribution in [0.5, 0.6) is 5.75 Å². The number of Topliss-reactive ketones (excluding diaryl/α,β-unsaturated/α-hetero) is 1. The summed E-state index contributed by atoms with van der Waals surface area (Å²) in [6.45, 7) is 4.16. The van der Waals surface area contributed by atoms with E-state index in [0.29, 0.717) is 17.9 Å². The first-order valence-electron chi connectivity index (χ1n) is 6.17. The third kappa shape index (κ3) is 3.96. The molecule has 0 aliphatic heterocycles. The molecular formula is C14H17ClO4. The van der Waals surface area contributed by atoms with Crippen LogP contribution in [-0.2, 0) is 4.74 Å². The van der Waals surface area contributed by atoms with Gasteiger partial charge in [0.1, 0.15) is 11.3 Å². The lowest BCUT2D eigenvalue weighted by atomic mass is 10.0. The maximum Gasteiger partial charge on any atom is 0.342 e. The predicted molar refractivity (Wildman–Crippen MR) is 73.2 cm³/mol. The van der Waals surface area contributed by atoms with Gasteiger partial charge in [0, 0.05) is 17.9 Å². The molecule has 0 aliphatic rings. The zero-order valence-electron chi connectivity index (χ0n) is 11.1. The van der Waals surface area contributed by atoms with Gasteiger partial charge in [0.2, 0.25) is 0 Å². The summed E-state index contributed by atoms with van der Waals surface area (Å²) in [5, 5.41) is 0. The van der Waals surface area contributed by atoms with Crippen LogP contribution in [0.15, 0.2) is 18.2 Å². The molecule has 0 fully saturated rings. The summed E-state index contributed by atoms with van der Waals surface area (Å²) in [5.41, 5.74) is 0.478. The Kier molecular flexibility index (Phi) is 6.36. The molecule has 104 valence electrons. The molecule has 5 heteroatoms. The van der Waals surface area contributed by atoms with Gasteiger partial charge in [-0.05, 0) is 19.9 Å². The van der Waals surface area contributed by atoms with Gasteiger partial charge in [-0.2, -0.15) is 0 Å². The molecule has 0 radical (unpaired) electrons. The van der Waals surface area contributed by atoms with E-state index in [1.165, 1.54) is 0 Å². The van der Waals surface area contributed by atoms with Crippen LogP contribution in [0.4, 0.5) is 0 Å². The lowest BCUT2D eigenvalue weighted by molar-refractivity contribution is 0.0518. The number of carbonyl (C=O) groups is 2. The van der Waals surface area contributed by atoms with Crippen molar-refractivity contribution in [2.75, 3.05) is 19.1 Å². The van der Waals surface area contributed by atoms with Crippen molar-refractivity contribution in [1.82, 2.24) is 0 Å². The van der Waals surface area contributed by atoms with Crippen LogP contribution in [-0.4, -0.2) is 30.8 Å². The van der Waals surface area contributed by atoms with Gasteiger partial charge in [0.15, 0.2) is 5.78 Å². The van der Waals surface area contributed by atoms with Crippen LogP contribution in [0.25, 0.3) is 0 Å². The number of hydrogen-bond donors (Lipinski definition) is 0. The quantitative estimate of drug-likeness (QED) is 0.439. The SMILES string of the molecule is CCOC(=O)c1c(OCC)cccc1C(=O)CCCl. The Morgan fingerprint density at radius 3 is 2.53 bits per heavy atom. The zero-order valence-corrected chi connectivity index (χ0v) is 11.8. The van der Waals surface area contributed by atoms with Gasteiger partial charge in [0.05, 0.1) is 13.2 Å². The van der Waals surface area contributed by atoms with E-state index < -0.39 is 5.97 Å². The Labute approximate surface area is 117 Å². The van der Waals surface area contributed by atoms with Crippen LogP contribution < -0.4 is 4.74 Å². The van der Waals surface area contributed by atoms with Gasteiger partial charge in [-0.25, -0.2) is 4.79 Å². The molecule has 0 N–H and O–H groups in total. The van der Waals surface area contributed by atoms with Crippen molar-refractivity contribution in [3.63, 3.8) is 0 Å². The second kappa shape index (κ2) is 7.79. The summed E-state index contributed by atoms with van der Waals surface area (Å²) >= 11 is 5.57. The number of carbonyl (C=O) groups excluding carboxylic acids is 2. The fourth-order valence-electron chi connectivity index (χ4n) is 1.67. The van der Waals surface area contributed by atoms with Gasteiger partial charge < -0.3 is 9.47 Å². The van der Waals surface area contributed by atoms with E-state index in [-0.39, 0.29) is 30.3 Å². The molecule has 0 spiro atoms. The zero-order chi connectivity index (χ0) is 14.3. The van der Waals surface area contributed by atoms with Gasteiger partial charge in [0.25, 0.3) is 0 Å². The Balaban J connectivity index is 3.24. The number of rotatable bonds is 7. The van der Waals surface area contributed by atoms with E-state index in [1.807, 2.05) is 6.92 Å². The minimum absolute atomic E-state index is 0.170. The Hall–Kier alpha value is -1.55. The first-order valence-corrected chi connectivity index (χ1v) is 6.71. The standard InChI is InChI=1S/C14H17ClO4/c1-3-18-12-7-5-6-10(11(16)8-9-15)13(12)14(17)19-4-2/h5-7H,3-4,8-9H2,1-2H3. The molecule has 0 amide bonds. The maximum atomic E-state index is 12.0. The smallest absolute Gasteiger partial charge is 0.342 e. The summed E-state index contributed by atoms with van der Waals surface area (Å²) in [6, 6.07) is 4.91. The normalized spacial score (nSPS) is 10.1. The molecule has 0 unspecified atom stereocenters. The van der Waals surface area contributed by atoms with Crippen molar-refractivity contribution in [2.45, 2.75) is 20.3 Å². The van der Waals surface area contributed by atoms with Gasteiger partial charge in [-0.1, -0.05) is 12.1 Å². The summed E-state index contributed by atoms with van der Waals surface area (Å²) < 4.78 is 10.4. The summed E-state index contributed by atoms with van der Waals surface area (Å²) in [7, 11) is 0. The minimum Gasteiger partial charge on any atom is -0.493 e. The van der Waals surface area contributed by atoms with E-state index in [4.69, 9.17) is 21.1 Å². The Morgan fingerprint density at radius 1 is 1.21 bits per heavy atom. The fraction of sp³-hybridized carbons (Fsp3) is 0.429. The molecule has 0 aliphatic carbocycles. The molecule has 0 saturated carbocycles. The predicted octanol–water partition coefficient (Wildman–Crippen LogP) is 3.07. The molecule has 1 aromatic carbocycles. The van der Waals surface area contributed by atoms with Gasteiger partial charge in [-0.3, -0.25) is 4.79 Å². The fourth-order valence-corrected chi connectivity index (χ4v) is 1.85. The van der Waals surface area contributed by atoms with E-state index in [9.17, 15) is 9.59 Å². The van der Waals surface area contributed by atoms with Gasteiger partial charge in [-0.15, -0.1) is 11.6 Å². The van der Waals surface area contributed by atoms with Crippen molar-refractivity contribution in [3.8, 4) is 5.75 Å². The summed E-state index contributed by atoms with van der Waals surface area (Å²) in [6.07, 6.45) is 0.170. The number of ether oxygens (including phenoxy) is 2. The first-order chi connectivity index (χ1) is 9.15. The van der Waals surface area contributed by atoms with Crippen LogP contribution in [0.1, 0.15) is 41.0 Å². The maximum absolute atomic E-state index is 12.0. The highest BCUT2D eigenvalue weighted by Gasteiger charge is 2.22. The monoisotopic (exact) mass is 284 g/mol. The molecular weight excluding hydrogens is 268 g/mol. The van der Waals surface area contributed by atoms with Crippen LogP contribution in [0, 0.1) is 0 Å². The number of ketones is 1. The minimum atomic E-state index is -0.551. The van der Waals surface area contributed by atoms with E-state index in [0.717, 1.165) is 0 Å². The lowest BCUT2D eigenvalue weighted by Gasteiger charge is -2.13. The van der Waals surface area contributed by atoms with Crippen LogP contribution in [0.3, 0.4) is 0 Å². The van der Waals surface area contributed by atoms with Crippen LogP contribution >= 0.6 is 11.6 Å². The summed E-state index contributed by atoms with van der Waals surface area (Å²) in [4.78, 5) is 24.0. The highest BCUT2D eigenvalue weighted by molar-refractivity contribution is 6.20. The summed E-state index contributed by atoms with van der Waals surface area (Å²) in [5.74, 6) is -0.176. The third-order valence-corrected chi connectivity index (χ3v) is 2.62.